The van der Waals surface area contributed by atoms with E-state index in [-0.39, 0.29) is 18.7 Å². The van der Waals surface area contributed by atoms with Crippen molar-refractivity contribution in [1.29, 1.82) is 0 Å². The normalized spacial score (nSPS) is 14.0. The number of nitrogens with two attached hydrogens (primary N) is 2. The van der Waals surface area contributed by atoms with Crippen molar-refractivity contribution in [1.82, 2.24) is 5.32 Å². The van der Waals surface area contributed by atoms with Gasteiger partial charge < -0.3 is 26.7 Å². The third-order valence-corrected chi connectivity index (χ3v) is 6.34. The van der Waals surface area contributed by atoms with Gasteiger partial charge in [-0.2, -0.15) is 0 Å². The molecule has 0 aromatic rings. The fourth-order valence-electron chi connectivity index (χ4n) is 4.00. The van der Waals surface area contributed by atoms with Gasteiger partial charge in [0.15, 0.2) is 5.78 Å². The zero-order chi connectivity index (χ0) is 27.7. The van der Waals surface area contributed by atoms with E-state index in [0.29, 0.717) is 38.5 Å². The van der Waals surface area contributed by atoms with Crippen LogP contribution >= 0.6 is 0 Å². The summed E-state index contributed by atoms with van der Waals surface area (Å²) in [5.74, 6) is -3.32. The second-order valence-electron chi connectivity index (χ2n) is 9.71. The lowest BCUT2D eigenvalue weighted by Gasteiger charge is -2.20. The molecule has 0 aliphatic rings. The van der Waals surface area contributed by atoms with Crippen LogP contribution in [0.5, 0.6) is 0 Å². The predicted molar refractivity (Wildman–Crippen MR) is 149 cm³/mol. The van der Waals surface area contributed by atoms with Crippen LogP contribution in [0.4, 0.5) is 0 Å². The summed E-state index contributed by atoms with van der Waals surface area (Å²) in [6, 6.07) is -2.15. The second kappa shape index (κ2) is 24.0. The highest BCUT2D eigenvalue weighted by atomic mass is 16.4. The molecule has 37 heavy (non-hydrogen) atoms. The summed E-state index contributed by atoms with van der Waals surface area (Å²) < 4.78 is 0. The molecule has 0 aliphatic carbocycles. The number of aldehydes is 1. The van der Waals surface area contributed by atoms with Crippen LogP contribution in [0.3, 0.4) is 0 Å². The second-order valence-corrected chi connectivity index (χ2v) is 9.71. The number of carbonyl (C=O) groups is 4. The van der Waals surface area contributed by atoms with Crippen molar-refractivity contribution >= 4 is 23.9 Å². The summed E-state index contributed by atoms with van der Waals surface area (Å²) in [4.78, 5) is 47.7. The Labute approximate surface area is 223 Å². The lowest BCUT2D eigenvalue weighted by Crippen LogP contribution is -2.45. The highest BCUT2D eigenvalue weighted by molar-refractivity contribution is 5.97. The zero-order valence-corrected chi connectivity index (χ0v) is 22.9. The number of carboxylic acids is 1. The Hall–Kier alpha value is -2.32. The van der Waals surface area contributed by atoms with Crippen molar-refractivity contribution in [2.45, 2.75) is 122 Å². The fraction of sp³-hybridized carbons (Fsp3) is 0.724. The van der Waals surface area contributed by atoms with Gasteiger partial charge in [-0.3, -0.25) is 9.59 Å². The van der Waals surface area contributed by atoms with Gasteiger partial charge in [-0.05, 0) is 64.3 Å². The molecule has 0 saturated heterocycles. The first-order chi connectivity index (χ1) is 17.9. The molecule has 212 valence electrons. The van der Waals surface area contributed by atoms with Gasteiger partial charge in [-0.25, -0.2) is 4.79 Å². The lowest BCUT2D eigenvalue weighted by atomic mass is 9.90. The smallest absolute Gasteiger partial charge is 0.326 e. The minimum absolute atomic E-state index is 0.215. The third kappa shape index (κ3) is 19.5. The van der Waals surface area contributed by atoms with E-state index in [4.69, 9.17) is 11.5 Å². The third-order valence-electron chi connectivity index (χ3n) is 6.34. The van der Waals surface area contributed by atoms with Crippen LogP contribution in [0.1, 0.15) is 110 Å². The van der Waals surface area contributed by atoms with E-state index >= 15 is 0 Å². The lowest BCUT2D eigenvalue weighted by molar-refractivity contribution is -0.143. The number of rotatable bonds is 25. The van der Waals surface area contributed by atoms with Gasteiger partial charge in [0.25, 0.3) is 0 Å². The van der Waals surface area contributed by atoms with Crippen molar-refractivity contribution in [2.75, 3.05) is 6.54 Å². The maximum atomic E-state index is 12.4. The summed E-state index contributed by atoms with van der Waals surface area (Å²) in [7, 11) is 0. The molecule has 0 radical (unpaired) electrons. The van der Waals surface area contributed by atoms with Gasteiger partial charge in [0.2, 0.25) is 5.91 Å². The zero-order valence-electron chi connectivity index (χ0n) is 22.9. The van der Waals surface area contributed by atoms with Crippen LogP contribution < -0.4 is 16.8 Å². The first-order valence-corrected chi connectivity index (χ1v) is 14.1. The summed E-state index contributed by atoms with van der Waals surface area (Å²) in [6.07, 6.45) is 22.8. The minimum atomic E-state index is -1.30. The summed E-state index contributed by atoms with van der Waals surface area (Å²) in [5.41, 5.74) is 11.3. The van der Waals surface area contributed by atoms with Gasteiger partial charge >= 0.3 is 5.97 Å². The van der Waals surface area contributed by atoms with Crippen LogP contribution in [-0.2, 0) is 19.2 Å². The number of ketones is 1. The van der Waals surface area contributed by atoms with E-state index in [1.807, 2.05) is 0 Å². The number of carboxylic acid groups (broad SMARTS) is 1. The van der Waals surface area contributed by atoms with Crippen molar-refractivity contribution in [3.8, 4) is 0 Å². The number of unbranched alkanes of at least 4 members (excludes halogenated alkanes) is 9. The van der Waals surface area contributed by atoms with Crippen LogP contribution in [0.2, 0.25) is 0 Å². The van der Waals surface area contributed by atoms with Gasteiger partial charge in [-0.15, -0.1) is 0 Å². The van der Waals surface area contributed by atoms with E-state index in [1.165, 1.54) is 25.7 Å². The number of nitrogens with one attached hydrogen (secondary N) is 1. The molecule has 3 atom stereocenters. The number of hydrogen-bond donors (Lipinski definition) is 4. The van der Waals surface area contributed by atoms with E-state index in [0.717, 1.165) is 38.5 Å². The molecule has 6 N–H and O–H groups in total. The number of allylic oxidation sites excluding steroid dienone is 4. The summed E-state index contributed by atoms with van der Waals surface area (Å²) in [6.45, 7) is 2.70. The molecule has 0 aliphatic heterocycles. The first kappa shape index (κ1) is 34.7. The van der Waals surface area contributed by atoms with Gasteiger partial charge in [0.1, 0.15) is 12.3 Å². The molecule has 0 fully saturated rings. The Morgan fingerprint density at radius 1 is 0.865 bits per heavy atom. The highest BCUT2D eigenvalue weighted by Gasteiger charge is 2.30. The minimum Gasteiger partial charge on any atom is -0.480 e. The average Bonchev–Trinajstić information content (AvgIpc) is 2.88. The van der Waals surface area contributed by atoms with Gasteiger partial charge in [0, 0.05) is 6.42 Å². The summed E-state index contributed by atoms with van der Waals surface area (Å²) in [5, 5.41) is 11.9. The molecule has 0 aromatic heterocycles. The van der Waals surface area contributed by atoms with Crippen LogP contribution in [-0.4, -0.2) is 47.7 Å². The molecule has 8 heteroatoms. The van der Waals surface area contributed by atoms with Crippen LogP contribution in [0, 0.1) is 5.92 Å². The average molecular weight is 522 g/mol. The molecule has 0 heterocycles. The summed E-state index contributed by atoms with van der Waals surface area (Å²) >= 11 is 0. The Bertz CT molecular complexity index is 693. The molecule has 8 nitrogen and oxygen atoms in total. The van der Waals surface area contributed by atoms with Crippen molar-refractivity contribution in [3.05, 3.63) is 24.3 Å². The van der Waals surface area contributed by atoms with Crippen molar-refractivity contribution in [2.24, 2.45) is 17.4 Å². The molecule has 0 saturated carbocycles. The quantitative estimate of drug-likeness (QED) is 0.0592. The van der Waals surface area contributed by atoms with Gasteiger partial charge in [0.05, 0.1) is 12.0 Å². The number of Topliss-reactive ketones (excluding diaryl/α,β-unsaturated/α-hetero) is 1. The SMILES string of the molecule is CCCCC/C=C\C/C=C\CCCCCCCC(=O)N[C@@H](CC(C=O)C(=O)[C@@H](N)CCCCN)C(=O)O. The fourth-order valence-corrected chi connectivity index (χ4v) is 4.00. The molecule has 1 unspecified atom stereocenters. The van der Waals surface area contributed by atoms with Crippen molar-refractivity contribution in [3.63, 3.8) is 0 Å². The maximum absolute atomic E-state index is 12.4. The predicted octanol–water partition coefficient (Wildman–Crippen LogP) is 4.60. The Balaban J connectivity index is 4.12. The largest absolute Gasteiger partial charge is 0.480 e. The maximum Gasteiger partial charge on any atom is 0.326 e. The number of amides is 1. The van der Waals surface area contributed by atoms with E-state index in [2.05, 4.69) is 36.5 Å². The number of hydrogen-bond acceptors (Lipinski definition) is 6. The topological polar surface area (TPSA) is 153 Å². The van der Waals surface area contributed by atoms with E-state index in [1.54, 1.807) is 0 Å². The van der Waals surface area contributed by atoms with E-state index < -0.39 is 29.8 Å². The van der Waals surface area contributed by atoms with Crippen LogP contribution in [0.15, 0.2) is 24.3 Å². The number of carbonyl (C=O) groups excluding carboxylic acids is 3. The molecular weight excluding hydrogens is 470 g/mol. The monoisotopic (exact) mass is 521 g/mol. The molecule has 0 spiro atoms. The van der Waals surface area contributed by atoms with Crippen LogP contribution in [0.25, 0.3) is 0 Å². The Morgan fingerprint density at radius 3 is 2.08 bits per heavy atom. The molecule has 0 aromatic carbocycles. The van der Waals surface area contributed by atoms with E-state index in [9.17, 15) is 24.3 Å². The Kier molecular flexibility index (Phi) is 22.5. The van der Waals surface area contributed by atoms with Gasteiger partial charge in [-0.1, -0.05) is 69.8 Å². The Morgan fingerprint density at radius 2 is 1.49 bits per heavy atom. The molecule has 1 amide bonds. The standard InChI is InChI=1S/C29H51N3O5/c1-2-3-4-5-6-7-8-9-10-11-12-13-14-15-16-20-27(34)32-26(29(36)37)22-24(23-33)28(35)25(31)19-17-18-21-30/h6-7,9-10,23-26H,2-5,8,11-22,30-31H2,1H3,(H,32,34)(H,36,37)/b7-6-,10-9-/t24?,25-,26-/m0/s1. The molecule has 0 bridgehead atoms. The van der Waals surface area contributed by atoms with Crippen molar-refractivity contribution < 1.29 is 24.3 Å². The number of aliphatic carboxylic acids is 1. The molecule has 0 rings (SSSR count). The molecular formula is C29H51N3O5. The first-order valence-electron chi connectivity index (χ1n) is 14.1. The highest BCUT2D eigenvalue weighted by Crippen LogP contribution is 2.13.